The number of aromatic amines is 1. The summed E-state index contributed by atoms with van der Waals surface area (Å²) in [6.07, 6.45) is 0. The van der Waals surface area contributed by atoms with E-state index in [9.17, 15) is 0 Å². The molecule has 1 N–H and O–H groups in total. The molecule has 3 heterocycles. The maximum Gasteiger partial charge on any atom is 0.231 e. The van der Waals surface area contributed by atoms with Crippen molar-refractivity contribution in [2.24, 2.45) is 0 Å². The van der Waals surface area contributed by atoms with Crippen LogP contribution < -0.4 is 9.47 Å². The van der Waals surface area contributed by atoms with Crippen molar-refractivity contribution in [3.63, 3.8) is 0 Å². The van der Waals surface area contributed by atoms with E-state index in [0.717, 1.165) is 33.2 Å². The minimum Gasteiger partial charge on any atom is -0.454 e. The van der Waals surface area contributed by atoms with Crippen LogP contribution in [0.1, 0.15) is 0 Å². The van der Waals surface area contributed by atoms with Crippen LogP contribution in [-0.2, 0) is 0 Å². The van der Waals surface area contributed by atoms with E-state index in [4.69, 9.17) is 9.47 Å². The second-order valence-electron chi connectivity index (χ2n) is 3.79. The van der Waals surface area contributed by atoms with Crippen molar-refractivity contribution in [1.82, 2.24) is 9.97 Å². The largest absolute Gasteiger partial charge is 0.454 e. The monoisotopic (exact) mass is 244 g/mol. The van der Waals surface area contributed by atoms with Gasteiger partial charge in [0.05, 0.1) is 15.9 Å². The molecule has 0 bridgehead atoms. The summed E-state index contributed by atoms with van der Waals surface area (Å²) in [6, 6.07) is 7.90. The molecule has 0 amide bonds. The number of benzene rings is 1. The molecule has 0 radical (unpaired) electrons. The van der Waals surface area contributed by atoms with Crippen LogP contribution in [0, 0.1) is 0 Å². The van der Waals surface area contributed by atoms with Crippen LogP contribution in [0.25, 0.3) is 21.7 Å². The van der Waals surface area contributed by atoms with E-state index in [1.54, 1.807) is 11.3 Å². The lowest BCUT2D eigenvalue weighted by Gasteiger charge is -1.93. The Morgan fingerprint density at radius 3 is 2.94 bits per heavy atom. The molecule has 0 atom stereocenters. The number of thiophene rings is 1. The number of nitrogens with one attached hydrogen (secondary N) is 1. The van der Waals surface area contributed by atoms with Crippen molar-refractivity contribution in [2.75, 3.05) is 6.79 Å². The van der Waals surface area contributed by atoms with Crippen molar-refractivity contribution in [3.05, 3.63) is 29.6 Å². The molecule has 1 aromatic carbocycles. The molecule has 1 aliphatic heterocycles. The van der Waals surface area contributed by atoms with Crippen molar-refractivity contribution in [2.45, 2.75) is 0 Å². The Morgan fingerprint density at radius 1 is 1.24 bits per heavy atom. The molecule has 4 rings (SSSR count). The van der Waals surface area contributed by atoms with Crippen LogP contribution in [-0.4, -0.2) is 16.8 Å². The molecule has 84 valence electrons. The molecular weight excluding hydrogens is 236 g/mol. The smallest absolute Gasteiger partial charge is 0.231 e. The number of hydrogen-bond donors (Lipinski definition) is 1. The first-order chi connectivity index (χ1) is 8.40. The van der Waals surface area contributed by atoms with E-state index in [0.29, 0.717) is 6.79 Å². The first kappa shape index (κ1) is 9.07. The quantitative estimate of drug-likeness (QED) is 0.715. The number of rotatable bonds is 1. The Morgan fingerprint density at radius 2 is 2.12 bits per heavy atom. The average molecular weight is 244 g/mol. The van der Waals surface area contributed by atoms with E-state index in [-0.39, 0.29) is 0 Å². The molecule has 0 unspecified atom stereocenters. The maximum absolute atomic E-state index is 5.34. The van der Waals surface area contributed by atoms with Crippen molar-refractivity contribution in [3.8, 4) is 22.2 Å². The van der Waals surface area contributed by atoms with Crippen molar-refractivity contribution >= 4 is 22.4 Å². The molecular formula is C12H8N2O2S. The van der Waals surface area contributed by atoms with E-state index in [1.165, 1.54) is 0 Å². The lowest BCUT2D eigenvalue weighted by atomic mass is 10.3. The second-order valence-corrected chi connectivity index (χ2v) is 4.73. The van der Waals surface area contributed by atoms with Gasteiger partial charge in [-0.25, -0.2) is 4.98 Å². The molecule has 0 spiro atoms. The highest BCUT2D eigenvalue weighted by atomic mass is 32.1. The number of ether oxygens (including phenoxy) is 2. The number of H-pyrrole nitrogens is 1. The summed E-state index contributed by atoms with van der Waals surface area (Å²) in [4.78, 5) is 8.97. The molecule has 5 heteroatoms. The summed E-state index contributed by atoms with van der Waals surface area (Å²) in [7, 11) is 0. The maximum atomic E-state index is 5.34. The summed E-state index contributed by atoms with van der Waals surface area (Å²) >= 11 is 1.66. The summed E-state index contributed by atoms with van der Waals surface area (Å²) < 4.78 is 10.7. The van der Waals surface area contributed by atoms with Gasteiger partial charge in [-0.2, -0.15) is 0 Å². The van der Waals surface area contributed by atoms with E-state index >= 15 is 0 Å². The predicted octanol–water partition coefficient (Wildman–Crippen LogP) is 3.02. The Labute approximate surface area is 101 Å². The van der Waals surface area contributed by atoms with Crippen LogP contribution in [0.15, 0.2) is 29.6 Å². The molecule has 0 saturated carbocycles. The lowest BCUT2D eigenvalue weighted by Crippen LogP contribution is -1.92. The highest BCUT2D eigenvalue weighted by molar-refractivity contribution is 7.13. The Bertz CT molecular complexity index is 647. The van der Waals surface area contributed by atoms with Gasteiger partial charge in [0.2, 0.25) is 6.79 Å². The molecule has 0 fully saturated rings. The number of fused-ring (bicyclic) bond motifs is 2. The third-order valence-corrected chi connectivity index (χ3v) is 3.61. The van der Waals surface area contributed by atoms with Gasteiger partial charge in [0.25, 0.3) is 0 Å². The minimum atomic E-state index is 0.291. The molecule has 3 aromatic rings. The average Bonchev–Trinajstić information content (AvgIpc) is 3.05. The molecule has 2 aromatic heterocycles. The number of imidazole rings is 1. The van der Waals surface area contributed by atoms with Gasteiger partial charge in [-0.05, 0) is 11.4 Å². The fourth-order valence-corrected chi connectivity index (χ4v) is 2.60. The van der Waals surface area contributed by atoms with Gasteiger partial charge in [-0.3, -0.25) is 0 Å². The first-order valence-electron chi connectivity index (χ1n) is 5.23. The van der Waals surface area contributed by atoms with Gasteiger partial charge in [0.15, 0.2) is 11.5 Å². The van der Waals surface area contributed by atoms with Crippen LogP contribution in [0.3, 0.4) is 0 Å². The molecule has 0 aliphatic carbocycles. The van der Waals surface area contributed by atoms with Gasteiger partial charge in [0.1, 0.15) is 5.82 Å². The van der Waals surface area contributed by atoms with Crippen LogP contribution >= 0.6 is 11.3 Å². The Balaban J connectivity index is 1.93. The minimum absolute atomic E-state index is 0.291. The van der Waals surface area contributed by atoms with Crippen LogP contribution in [0.5, 0.6) is 11.5 Å². The zero-order chi connectivity index (χ0) is 11.2. The van der Waals surface area contributed by atoms with Crippen LogP contribution in [0.2, 0.25) is 0 Å². The summed E-state index contributed by atoms with van der Waals surface area (Å²) in [5.41, 5.74) is 1.87. The summed E-state index contributed by atoms with van der Waals surface area (Å²) in [5.74, 6) is 2.43. The molecule has 1 aliphatic rings. The van der Waals surface area contributed by atoms with E-state index in [1.807, 2.05) is 29.6 Å². The lowest BCUT2D eigenvalue weighted by molar-refractivity contribution is 0.174. The zero-order valence-corrected chi connectivity index (χ0v) is 9.58. The van der Waals surface area contributed by atoms with Gasteiger partial charge < -0.3 is 14.5 Å². The highest BCUT2D eigenvalue weighted by Crippen LogP contribution is 2.36. The van der Waals surface area contributed by atoms with Crippen molar-refractivity contribution < 1.29 is 9.47 Å². The summed E-state index contributed by atoms with van der Waals surface area (Å²) in [5, 5.41) is 2.04. The molecule has 4 nitrogen and oxygen atoms in total. The zero-order valence-electron chi connectivity index (χ0n) is 8.77. The normalized spacial score (nSPS) is 13.4. The Hall–Kier alpha value is -2.01. The highest BCUT2D eigenvalue weighted by Gasteiger charge is 2.16. The van der Waals surface area contributed by atoms with Gasteiger partial charge in [0, 0.05) is 12.1 Å². The van der Waals surface area contributed by atoms with Gasteiger partial charge in [-0.1, -0.05) is 6.07 Å². The second kappa shape index (κ2) is 3.24. The van der Waals surface area contributed by atoms with E-state index in [2.05, 4.69) is 9.97 Å². The van der Waals surface area contributed by atoms with Gasteiger partial charge >= 0.3 is 0 Å². The predicted molar refractivity (Wildman–Crippen MR) is 65.5 cm³/mol. The Kier molecular flexibility index (Phi) is 1.73. The van der Waals surface area contributed by atoms with Gasteiger partial charge in [-0.15, -0.1) is 11.3 Å². The number of nitrogens with zero attached hydrogens (tertiary/aromatic N) is 1. The SMILES string of the molecule is c1csc(-c2nc3cc4c(cc3[nH]2)OCO4)c1. The molecule has 0 saturated heterocycles. The number of aromatic nitrogens is 2. The van der Waals surface area contributed by atoms with E-state index < -0.39 is 0 Å². The third kappa shape index (κ3) is 1.32. The molecule has 17 heavy (non-hydrogen) atoms. The summed E-state index contributed by atoms with van der Waals surface area (Å²) in [6.45, 7) is 0.291. The first-order valence-corrected chi connectivity index (χ1v) is 6.11. The number of hydrogen-bond acceptors (Lipinski definition) is 4. The standard InChI is InChI=1S/C12H8N2O2S/c1-2-11(17-3-1)12-13-7-4-9-10(16-6-15-9)5-8(7)14-12/h1-5H,6H2,(H,13,14). The fraction of sp³-hybridized carbons (Fsp3) is 0.0833. The van der Waals surface area contributed by atoms with Crippen LogP contribution in [0.4, 0.5) is 0 Å². The topological polar surface area (TPSA) is 47.1 Å². The fourth-order valence-electron chi connectivity index (χ4n) is 1.93. The van der Waals surface area contributed by atoms with Crippen molar-refractivity contribution in [1.29, 1.82) is 0 Å². The third-order valence-electron chi connectivity index (χ3n) is 2.73.